The third kappa shape index (κ3) is 11.3. The van der Waals surface area contributed by atoms with Crippen LogP contribution in [0.1, 0.15) is 39.7 Å². The van der Waals surface area contributed by atoms with Crippen LogP contribution in [0.15, 0.2) is 29.3 Å². The number of guanidine groups is 1. The van der Waals surface area contributed by atoms with Gasteiger partial charge in [0.1, 0.15) is 5.75 Å². The van der Waals surface area contributed by atoms with E-state index in [1.54, 1.807) is 0 Å². The van der Waals surface area contributed by atoms with Crippen molar-refractivity contribution in [2.45, 2.75) is 59.1 Å². The van der Waals surface area contributed by atoms with Gasteiger partial charge in [-0.15, -0.1) is 37.1 Å². The van der Waals surface area contributed by atoms with Crippen LogP contribution in [0.5, 0.6) is 5.75 Å². The quantitative estimate of drug-likeness (QED) is 0.231. The van der Waals surface area contributed by atoms with E-state index in [0.717, 1.165) is 18.5 Å². The second-order valence-corrected chi connectivity index (χ2v) is 6.60. The molecule has 1 aromatic carbocycles. The minimum absolute atomic E-state index is 0. The van der Waals surface area contributed by atoms with Crippen molar-refractivity contribution in [1.82, 2.24) is 10.2 Å². The molecule has 156 valence electrons. The molecule has 3 N–H and O–H groups in total. The van der Waals surface area contributed by atoms with E-state index in [4.69, 9.17) is 5.73 Å². The smallest absolute Gasteiger partial charge is 0.406 e. The van der Waals surface area contributed by atoms with Gasteiger partial charge in [-0.25, -0.2) is 4.99 Å². The van der Waals surface area contributed by atoms with Gasteiger partial charge in [-0.1, -0.05) is 12.1 Å². The summed E-state index contributed by atoms with van der Waals surface area (Å²) in [5.41, 5.74) is 6.57. The van der Waals surface area contributed by atoms with Gasteiger partial charge in [0.25, 0.3) is 0 Å². The van der Waals surface area contributed by atoms with Gasteiger partial charge >= 0.3 is 6.36 Å². The van der Waals surface area contributed by atoms with Crippen molar-refractivity contribution in [3.8, 4) is 5.75 Å². The first-order valence-electron chi connectivity index (χ1n) is 8.72. The minimum Gasteiger partial charge on any atom is -0.406 e. The average Bonchev–Trinajstić information content (AvgIpc) is 2.51. The van der Waals surface area contributed by atoms with E-state index in [0.29, 0.717) is 24.6 Å². The van der Waals surface area contributed by atoms with Crippen molar-refractivity contribution < 1.29 is 17.9 Å². The van der Waals surface area contributed by atoms with Gasteiger partial charge in [-0.05, 0) is 51.8 Å². The van der Waals surface area contributed by atoms with Crippen LogP contribution in [0.2, 0.25) is 0 Å². The lowest BCUT2D eigenvalue weighted by molar-refractivity contribution is -0.274. The number of aliphatic imine (C=N–C) groups is 1. The fourth-order valence-corrected chi connectivity index (χ4v) is 2.62. The molecule has 1 rings (SSSR count). The number of ether oxygens (including phenoxy) is 1. The molecule has 0 fully saturated rings. The summed E-state index contributed by atoms with van der Waals surface area (Å²) in [7, 11) is 0. The lowest BCUT2D eigenvalue weighted by atomic mass is 10.2. The van der Waals surface area contributed by atoms with Gasteiger partial charge in [0.05, 0.1) is 6.54 Å². The van der Waals surface area contributed by atoms with Gasteiger partial charge in [-0.3, -0.25) is 4.90 Å². The Bertz CT molecular complexity index is 555. The maximum atomic E-state index is 12.1. The lowest BCUT2D eigenvalue weighted by Crippen LogP contribution is -2.40. The Labute approximate surface area is 176 Å². The lowest BCUT2D eigenvalue weighted by Gasteiger charge is -2.30. The predicted octanol–water partition coefficient (Wildman–Crippen LogP) is 4.12. The maximum absolute atomic E-state index is 12.1. The fourth-order valence-electron chi connectivity index (χ4n) is 2.62. The molecule has 9 heteroatoms. The highest BCUT2D eigenvalue weighted by Crippen LogP contribution is 2.22. The van der Waals surface area contributed by atoms with Crippen molar-refractivity contribution in [3.63, 3.8) is 0 Å². The zero-order valence-electron chi connectivity index (χ0n) is 16.2. The standard InChI is InChI=1S/C18H29F3N4O.HI/c1-13(2)25(14(3)4)11-5-10-23-17(22)24-12-15-6-8-16(9-7-15)26-18(19,20)21;/h6-9,13-14H,5,10-12H2,1-4H3,(H3,22,23,24);1H. The average molecular weight is 502 g/mol. The number of nitrogens with zero attached hydrogens (tertiary/aromatic N) is 2. The van der Waals surface area contributed by atoms with Crippen molar-refractivity contribution in [3.05, 3.63) is 29.8 Å². The zero-order valence-corrected chi connectivity index (χ0v) is 18.5. The molecule has 5 nitrogen and oxygen atoms in total. The Hall–Kier alpha value is -1.23. The van der Waals surface area contributed by atoms with E-state index in [2.05, 4.69) is 47.6 Å². The molecule has 0 saturated heterocycles. The summed E-state index contributed by atoms with van der Waals surface area (Å²) in [5.74, 6) is 0.0671. The summed E-state index contributed by atoms with van der Waals surface area (Å²) in [5, 5.41) is 3.06. The number of halogens is 4. The summed E-state index contributed by atoms with van der Waals surface area (Å²) >= 11 is 0. The summed E-state index contributed by atoms with van der Waals surface area (Å²) in [6.07, 6.45) is -3.75. The van der Waals surface area contributed by atoms with Gasteiger partial charge in [0.15, 0.2) is 5.96 Å². The summed E-state index contributed by atoms with van der Waals surface area (Å²) in [4.78, 5) is 6.59. The fraction of sp³-hybridized carbons (Fsp3) is 0.611. The number of rotatable bonds is 9. The number of nitrogens with two attached hydrogens (primary N) is 1. The van der Waals surface area contributed by atoms with Crippen LogP contribution in [0.4, 0.5) is 13.2 Å². The molecule has 0 aliphatic carbocycles. The van der Waals surface area contributed by atoms with E-state index < -0.39 is 6.36 Å². The number of hydrogen-bond acceptors (Lipinski definition) is 3. The van der Waals surface area contributed by atoms with Crippen molar-refractivity contribution >= 4 is 29.9 Å². The van der Waals surface area contributed by atoms with Crippen LogP contribution in [-0.2, 0) is 6.54 Å². The van der Waals surface area contributed by atoms with E-state index in [1.807, 2.05) is 0 Å². The third-order valence-corrected chi connectivity index (χ3v) is 3.81. The van der Waals surface area contributed by atoms with Crippen LogP contribution >= 0.6 is 24.0 Å². The topological polar surface area (TPSA) is 62.9 Å². The molecule has 0 saturated carbocycles. The monoisotopic (exact) mass is 502 g/mol. The number of alkyl halides is 3. The van der Waals surface area contributed by atoms with E-state index in [9.17, 15) is 13.2 Å². The molecule has 0 atom stereocenters. The SMILES string of the molecule is CC(C)N(CCCNC(N)=NCc1ccc(OC(F)(F)F)cc1)C(C)C.I. The first-order valence-corrected chi connectivity index (χ1v) is 8.72. The molecule has 1 aromatic rings. The molecular weight excluding hydrogens is 472 g/mol. The van der Waals surface area contributed by atoms with Crippen LogP contribution in [-0.4, -0.2) is 42.4 Å². The van der Waals surface area contributed by atoms with Crippen LogP contribution in [0.25, 0.3) is 0 Å². The molecular formula is C18H30F3IN4O. The van der Waals surface area contributed by atoms with Crippen LogP contribution in [0.3, 0.4) is 0 Å². The summed E-state index contributed by atoms with van der Waals surface area (Å²) in [6.45, 7) is 10.7. The molecule has 0 aliphatic heterocycles. The minimum atomic E-state index is -4.69. The van der Waals surface area contributed by atoms with Crippen molar-refractivity contribution in [2.75, 3.05) is 13.1 Å². The van der Waals surface area contributed by atoms with Gasteiger partial charge in [0, 0.05) is 25.2 Å². The van der Waals surface area contributed by atoms with E-state index >= 15 is 0 Å². The van der Waals surface area contributed by atoms with Crippen molar-refractivity contribution in [2.24, 2.45) is 10.7 Å². The molecule has 0 aromatic heterocycles. The number of benzene rings is 1. The first kappa shape index (κ1) is 25.8. The molecule has 0 radical (unpaired) electrons. The second kappa shape index (κ2) is 12.3. The largest absolute Gasteiger partial charge is 0.573 e. The highest BCUT2D eigenvalue weighted by atomic mass is 127. The van der Waals surface area contributed by atoms with E-state index in [1.165, 1.54) is 24.3 Å². The third-order valence-electron chi connectivity index (χ3n) is 3.81. The molecule has 0 amide bonds. The summed E-state index contributed by atoms with van der Waals surface area (Å²) < 4.78 is 40.2. The van der Waals surface area contributed by atoms with Gasteiger partial charge in [-0.2, -0.15) is 0 Å². The molecule has 0 aliphatic rings. The maximum Gasteiger partial charge on any atom is 0.573 e. The molecule has 0 unspecified atom stereocenters. The second-order valence-electron chi connectivity index (χ2n) is 6.60. The Balaban J connectivity index is 0.00000676. The van der Waals surface area contributed by atoms with Crippen LogP contribution < -0.4 is 15.8 Å². The highest BCUT2D eigenvalue weighted by Gasteiger charge is 2.30. The van der Waals surface area contributed by atoms with Gasteiger partial charge < -0.3 is 15.8 Å². The zero-order chi connectivity index (χ0) is 19.7. The van der Waals surface area contributed by atoms with E-state index in [-0.39, 0.29) is 36.3 Å². The normalized spacial score (nSPS) is 12.4. The summed E-state index contributed by atoms with van der Waals surface area (Å²) in [6, 6.07) is 6.56. The predicted molar refractivity (Wildman–Crippen MR) is 113 cm³/mol. The Morgan fingerprint density at radius 1 is 1.15 bits per heavy atom. The van der Waals surface area contributed by atoms with Gasteiger partial charge in [0.2, 0.25) is 0 Å². The molecule has 27 heavy (non-hydrogen) atoms. The first-order chi connectivity index (χ1) is 12.1. The Morgan fingerprint density at radius 2 is 1.70 bits per heavy atom. The Morgan fingerprint density at radius 3 is 2.19 bits per heavy atom. The highest BCUT2D eigenvalue weighted by molar-refractivity contribution is 14.0. The Kier molecular flexibility index (Phi) is 11.7. The molecule has 0 heterocycles. The molecule has 0 spiro atoms. The van der Waals surface area contributed by atoms with Crippen LogP contribution in [0, 0.1) is 0 Å². The van der Waals surface area contributed by atoms with Crippen molar-refractivity contribution in [1.29, 1.82) is 0 Å². The molecule has 0 bridgehead atoms. The number of nitrogens with one attached hydrogen (secondary N) is 1. The number of hydrogen-bond donors (Lipinski definition) is 2.